The topological polar surface area (TPSA) is 39.4 Å². The fourth-order valence-corrected chi connectivity index (χ4v) is 3.69. The lowest BCUT2D eigenvalue weighted by Crippen LogP contribution is -1.99. The molecule has 0 aliphatic rings. The van der Waals surface area contributed by atoms with Crippen LogP contribution in [0.5, 0.6) is 11.5 Å². The maximum Gasteiger partial charge on any atom is 0.339 e. The van der Waals surface area contributed by atoms with E-state index >= 15 is 0 Å². The van der Waals surface area contributed by atoms with Gasteiger partial charge in [-0.3, -0.25) is 0 Å². The first kappa shape index (κ1) is 15.9. The van der Waals surface area contributed by atoms with Crippen LogP contribution >= 0.6 is 55.1 Å². The maximum absolute atomic E-state index is 11.7. The lowest BCUT2D eigenvalue weighted by molar-refractivity contribution is 0.470. The normalized spacial score (nSPS) is 10.9. The molecule has 0 bridgehead atoms. The Morgan fingerprint density at radius 1 is 1.05 bits per heavy atom. The first-order chi connectivity index (χ1) is 10.5. The number of ether oxygens (including phenoxy) is 1. The highest BCUT2D eigenvalue weighted by Gasteiger charge is 2.15. The van der Waals surface area contributed by atoms with E-state index < -0.39 is 5.63 Å². The summed E-state index contributed by atoms with van der Waals surface area (Å²) in [4.78, 5) is 11.7. The van der Waals surface area contributed by atoms with E-state index in [0.717, 1.165) is 8.95 Å². The van der Waals surface area contributed by atoms with Crippen molar-refractivity contribution in [3.05, 3.63) is 65.8 Å². The van der Waals surface area contributed by atoms with Crippen molar-refractivity contribution < 1.29 is 9.15 Å². The second-order valence-electron chi connectivity index (χ2n) is 4.34. The van der Waals surface area contributed by atoms with Crippen LogP contribution < -0.4 is 10.4 Å². The molecule has 0 saturated heterocycles. The fraction of sp³-hybridized carbons (Fsp3) is 0. The first-order valence-electron chi connectivity index (χ1n) is 6.00. The van der Waals surface area contributed by atoms with Gasteiger partial charge in [0.15, 0.2) is 5.75 Å². The molecule has 3 aromatic rings. The third kappa shape index (κ3) is 3.04. The zero-order valence-corrected chi connectivity index (χ0v) is 15.4. The van der Waals surface area contributed by atoms with Crippen LogP contribution in [0.3, 0.4) is 0 Å². The van der Waals surface area contributed by atoms with Crippen LogP contribution in [0, 0.1) is 0 Å². The summed E-state index contributed by atoms with van der Waals surface area (Å²) in [6, 6.07) is 9.83. The number of fused-ring (bicyclic) bond motifs is 1. The number of benzene rings is 2. The van der Waals surface area contributed by atoms with Gasteiger partial charge < -0.3 is 9.15 Å². The smallest absolute Gasteiger partial charge is 0.339 e. The van der Waals surface area contributed by atoms with Gasteiger partial charge in [-0.15, -0.1) is 0 Å². The molecule has 0 aliphatic carbocycles. The molecule has 0 N–H and O–H groups in total. The zero-order valence-electron chi connectivity index (χ0n) is 10.7. The van der Waals surface area contributed by atoms with E-state index in [1.807, 2.05) is 18.2 Å². The van der Waals surface area contributed by atoms with E-state index in [0.29, 0.717) is 26.9 Å². The van der Waals surface area contributed by atoms with Crippen LogP contribution in [0.25, 0.3) is 11.0 Å². The maximum atomic E-state index is 11.7. The number of para-hydroxylation sites is 1. The Morgan fingerprint density at radius 2 is 1.73 bits per heavy atom. The average Bonchev–Trinajstić information content (AvgIpc) is 2.41. The molecule has 7 heteroatoms. The lowest BCUT2D eigenvalue weighted by atomic mass is 10.2. The van der Waals surface area contributed by atoms with Gasteiger partial charge in [-0.25, -0.2) is 4.79 Å². The molecule has 0 atom stereocenters. The zero-order chi connectivity index (χ0) is 15.9. The molecule has 1 heterocycles. The number of rotatable bonds is 2. The van der Waals surface area contributed by atoms with Crippen molar-refractivity contribution in [2.24, 2.45) is 0 Å². The molecular formula is C15H6Br2Cl2O3. The van der Waals surface area contributed by atoms with E-state index in [1.54, 1.807) is 6.07 Å². The molecule has 3 rings (SSSR count). The van der Waals surface area contributed by atoms with Crippen molar-refractivity contribution in [1.29, 1.82) is 0 Å². The summed E-state index contributed by atoms with van der Waals surface area (Å²) in [5, 5.41) is 1.19. The third-order valence-corrected chi connectivity index (χ3v) is 4.62. The van der Waals surface area contributed by atoms with Crippen molar-refractivity contribution >= 4 is 66.0 Å². The summed E-state index contributed by atoms with van der Waals surface area (Å²) in [6.45, 7) is 0. The first-order valence-corrected chi connectivity index (χ1v) is 8.34. The van der Waals surface area contributed by atoms with Gasteiger partial charge in [0, 0.05) is 11.1 Å². The minimum absolute atomic E-state index is 0.267. The third-order valence-electron chi connectivity index (χ3n) is 2.86. The Hall–Kier alpha value is -1.01. The molecular weight excluding hydrogens is 459 g/mol. The molecule has 112 valence electrons. The molecule has 0 aliphatic heterocycles. The molecule has 0 radical (unpaired) electrons. The number of hydrogen-bond donors (Lipinski definition) is 0. The van der Waals surface area contributed by atoms with Crippen LogP contribution in [-0.4, -0.2) is 0 Å². The molecule has 0 unspecified atom stereocenters. The van der Waals surface area contributed by atoms with Crippen LogP contribution in [0.2, 0.25) is 10.0 Å². The quantitative estimate of drug-likeness (QED) is 0.411. The molecule has 0 amide bonds. The molecule has 3 nitrogen and oxygen atoms in total. The van der Waals surface area contributed by atoms with Gasteiger partial charge in [-0.05, 0) is 50.1 Å². The number of halogens is 4. The Morgan fingerprint density at radius 3 is 2.41 bits per heavy atom. The Bertz CT molecular complexity index is 918. The minimum Gasteiger partial charge on any atom is -0.454 e. The van der Waals surface area contributed by atoms with Crippen molar-refractivity contribution in [2.75, 3.05) is 0 Å². The summed E-state index contributed by atoms with van der Waals surface area (Å²) in [6.07, 6.45) is 0. The van der Waals surface area contributed by atoms with Crippen molar-refractivity contribution in [3.8, 4) is 11.5 Å². The standard InChI is InChI=1S/C15H6Br2Cl2O3/c16-8-2-1-3-9(17)15(8)22-12-6-13(20)21-11-5-7(18)4-10(19)14(11)12/h1-6H. The summed E-state index contributed by atoms with van der Waals surface area (Å²) < 4.78 is 12.5. The molecule has 0 fully saturated rings. The lowest BCUT2D eigenvalue weighted by Gasteiger charge is -2.12. The molecule has 2 aromatic carbocycles. The monoisotopic (exact) mass is 462 g/mol. The highest BCUT2D eigenvalue weighted by Crippen LogP contribution is 2.40. The van der Waals surface area contributed by atoms with Gasteiger partial charge >= 0.3 is 5.63 Å². The van der Waals surface area contributed by atoms with Gasteiger partial charge in [0.05, 0.1) is 25.4 Å². The van der Waals surface area contributed by atoms with Crippen LogP contribution in [0.4, 0.5) is 0 Å². The molecule has 0 saturated carbocycles. The predicted octanol–water partition coefficient (Wildman–Crippen LogP) is 6.42. The van der Waals surface area contributed by atoms with Crippen LogP contribution in [0.1, 0.15) is 0 Å². The Kier molecular flexibility index (Phi) is 4.50. The number of hydrogen-bond acceptors (Lipinski definition) is 3. The van der Waals surface area contributed by atoms with E-state index in [2.05, 4.69) is 31.9 Å². The SMILES string of the molecule is O=c1cc(Oc2c(Br)cccc2Br)c2c(Cl)cc(Cl)cc2o1. The Balaban J connectivity index is 2.25. The van der Waals surface area contributed by atoms with Crippen molar-refractivity contribution in [2.45, 2.75) is 0 Å². The second-order valence-corrected chi connectivity index (χ2v) is 6.90. The van der Waals surface area contributed by atoms with Crippen LogP contribution in [0.15, 0.2) is 54.6 Å². The van der Waals surface area contributed by atoms with E-state index in [-0.39, 0.29) is 5.58 Å². The summed E-state index contributed by atoms with van der Waals surface area (Å²) in [7, 11) is 0. The highest BCUT2D eigenvalue weighted by molar-refractivity contribution is 9.11. The Labute approximate surface area is 152 Å². The highest BCUT2D eigenvalue weighted by atomic mass is 79.9. The molecule has 1 aromatic heterocycles. The van der Waals surface area contributed by atoms with Crippen molar-refractivity contribution in [1.82, 2.24) is 0 Å². The predicted molar refractivity (Wildman–Crippen MR) is 94.4 cm³/mol. The second kappa shape index (κ2) is 6.24. The van der Waals surface area contributed by atoms with E-state index in [4.69, 9.17) is 32.4 Å². The van der Waals surface area contributed by atoms with Gasteiger partial charge in [-0.2, -0.15) is 0 Å². The fourth-order valence-electron chi connectivity index (χ4n) is 1.96. The van der Waals surface area contributed by atoms with Crippen molar-refractivity contribution in [3.63, 3.8) is 0 Å². The van der Waals surface area contributed by atoms with E-state index in [1.165, 1.54) is 12.1 Å². The average molecular weight is 465 g/mol. The largest absolute Gasteiger partial charge is 0.454 e. The van der Waals surface area contributed by atoms with E-state index in [9.17, 15) is 4.79 Å². The summed E-state index contributed by atoms with van der Waals surface area (Å²) in [5.74, 6) is 0.820. The van der Waals surface area contributed by atoms with Gasteiger partial charge in [0.1, 0.15) is 11.3 Å². The summed E-state index contributed by atoms with van der Waals surface area (Å²) in [5.41, 5.74) is -0.285. The molecule has 0 spiro atoms. The minimum atomic E-state index is -0.552. The van der Waals surface area contributed by atoms with Gasteiger partial charge in [0.25, 0.3) is 0 Å². The van der Waals surface area contributed by atoms with Gasteiger partial charge in [0.2, 0.25) is 0 Å². The summed E-state index contributed by atoms with van der Waals surface area (Å²) >= 11 is 19.0. The van der Waals surface area contributed by atoms with Crippen LogP contribution in [-0.2, 0) is 0 Å². The molecule has 22 heavy (non-hydrogen) atoms. The van der Waals surface area contributed by atoms with Gasteiger partial charge in [-0.1, -0.05) is 29.3 Å².